The minimum atomic E-state index is 0.286. The van der Waals surface area contributed by atoms with Gasteiger partial charge in [-0.2, -0.15) is 0 Å². The van der Waals surface area contributed by atoms with E-state index in [1.54, 1.807) is 14.2 Å². The van der Waals surface area contributed by atoms with Crippen molar-refractivity contribution in [3.63, 3.8) is 0 Å². The van der Waals surface area contributed by atoms with Crippen LogP contribution in [0.4, 0.5) is 0 Å². The molecule has 0 aromatic heterocycles. The molecule has 1 aliphatic rings. The molecule has 2 unspecified atom stereocenters. The van der Waals surface area contributed by atoms with Gasteiger partial charge in [-0.3, -0.25) is 0 Å². The molecule has 1 aromatic carbocycles. The summed E-state index contributed by atoms with van der Waals surface area (Å²) in [5.74, 6) is 1.67. The van der Waals surface area contributed by atoms with E-state index in [1.807, 2.05) is 18.2 Å². The number of nitrogens with one attached hydrogen (secondary N) is 1. The fourth-order valence-electron chi connectivity index (χ4n) is 2.48. The Balaban J connectivity index is 2.00. The number of nitrogens with two attached hydrogens (primary N) is 1. The van der Waals surface area contributed by atoms with Crippen LogP contribution in [-0.4, -0.2) is 26.3 Å². The fourth-order valence-corrected chi connectivity index (χ4v) is 2.48. The van der Waals surface area contributed by atoms with E-state index in [0.717, 1.165) is 30.0 Å². The molecule has 0 saturated heterocycles. The molecular weight excluding hydrogens is 228 g/mol. The molecule has 0 aliphatic heterocycles. The van der Waals surface area contributed by atoms with Gasteiger partial charge in [0.1, 0.15) is 11.5 Å². The fraction of sp³-hybridized carbons (Fsp3) is 0.571. The van der Waals surface area contributed by atoms with E-state index in [2.05, 4.69) is 5.32 Å². The number of rotatable bonds is 5. The lowest BCUT2D eigenvalue weighted by atomic mass is 10.1. The van der Waals surface area contributed by atoms with Gasteiger partial charge in [0.25, 0.3) is 0 Å². The van der Waals surface area contributed by atoms with Crippen LogP contribution in [-0.2, 0) is 6.54 Å². The minimum absolute atomic E-state index is 0.286. The summed E-state index contributed by atoms with van der Waals surface area (Å²) < 4.78 is 10.6. The van der Waals surface area contributed by atoms with E-state index in [1.165, 1.54) is 12.8 Å². The molecule has 1 saturated carbocycles. The van der Waals surface area contributed by atoms with Crippen molar-refractivity contribution >= 4 is 0 Å². The van der Waals surface area contributed by atoms with Crippen LogP contribution in [0.5, 0.6) is 11.5 Å². The van der Waals surface area contributed by atoms with Crippen molar-refractivity contribution < 1.29 is 9.47 Å². The molecule has 1 aromatic rings. The standard InChI is InChI=1S/C14H22N2O2/c1-17-11-7-6-10(14(8-11)18-2)9-16-13-5-3-4-12(13)15/h6-8,12-13,16H,3-5,9,15H2,1-2H3. The molecule has 3 N–H and O–H groups in total. The predicted molar refractivity (Wildman–Crippen MR) is 72.0 cm³/mol. The highest BCUT2D eigenvalue weighted by atomic mass is 16.5. The maximum Gasteiger partial charge on any atom is 0.127 e. The van der Waals surface area contributed by atoms with Crippen LogP contribution >= 0.6 is 0 Å². The van der Waals surface area contributed by atoms with Crippen LogP contribution in [0.3, 0.4) is 0 Å². The van der Waals surface area contributed by atoms with Crippen molar-refractivity contribution in [2.24, 2.45) is 5.73 Å². The summed E-state index contributed by atoms with van der Waals surface area (Å²) >= 11 is 0. The summed E-state index contributed by atoms with van der Waals surface area (Å²) in [6.07, 6.45) is 3.51. The van der Waals surface area contributed by atoms with Gasteiger partial charge in [-0.05, 0) is 18.9 Å². The second-order valence-corrected chi connectivity index (χ2v) is 4.76. The van der Waals surface area contributed by atoms with Crippen molar-refractivity contribution in [3.05, 3.63) is 23.8 Å². The highest BCUT2D eigenvalue weighted by Gasteiger charge is 2.23. The van der Waals surface area contributed by atoms with Gasteiger partial charge in [0.2, 0.25) is 0 Å². The normalized spacial score (nSPS) is 23.1. The summed E-state index contributed by atoms with van der Waals surface area (Å²) in [6.45, 7) is 0.783. The molecule has 0 amide bonds. The van der Waals surface area contributed by atoms with E-state index in [4.69, 9.17) is 15.2 Å². The maximum absolute atomic E-state index is 6.05. The number of hydrogen-bond acceptors (Lipinski definition) is 4. The zero-order chi connectivity index (χ0) is 13.0. The third-order valence-electron chi connectivity index (χ3n) is 3.62. The number of methoxy groups -OCH3 is 2. The number of benzene rings is 1. The van der Waals surface area contributed by atoms with E-state index in [9.17, 15) is 0 Å². The molecule has 0 spiro atoms. The van der Waals surface area contributed by atoms with Crippen molar-refractivity contribution in [3.8, 4) is 11.5 Å². The lowest BCUT2D eigenvalue weighted by molar-refractivity contribution is 0.387. The van der Waals surface area contributed by atoms with Crippen LogP contribution < -0.4 is 20.5 Å². The van der Waals surface area contributed by atoms with Crippen LogP contribution in [0.2, 0.25) is 0 Å². The lowest BCUT2D eigenvalue weighted by Gasteiger charge is -2.18. The zero-order valence-corrected chi connectivity index (χ0v) is 11.1. The van der Waals surface area contributed by atoms with Gasteiger partial charge in [0, 0.05) is 30.3 Å². The molecule has 0 bridgehead atoms. The van der Waals surface area contributed by atoms with Crippen LogP contribution in [0.25, 0.3) is 0 Å². The first-order valence-electron chi connectivity index (χ1n) is 6.44. The first-order chi connectivity index (χ1) is 8.74. The van der Waals surface area contributed by atoms with E-state index in [0.29, 0.717) is 6.04 Å². The molecule has 2 rings (SSSR count). The molecule has 18 heavy (non-hydrogen) atoms. The van der Waals surface area contributed by atoms with Gasteiger partial charge < -0.3 is 20.5 Å². The van der Waals surface area contributed by atoms with Gasteiger partial charge in [-0.25, -0.2) is 0 Å². The van der Waals surface area contributed by atoms with Crippen molar-refractivity contribution in [2.75, 3.05) is 14.2 Å². The molecule has 4 nitrogen and oxygen atoms in total. The van der Waals surface area contributed by atoms with Gasteiger partial charge in [-0.1, -0.05) is 12.5 Å². The Bertz CT molecular complexity index is 395. The number of hydrogen-bond donors (Lipinski definition) is 2. The Morgan fingerprint density at radius 2 is 2.11 bits per heavy atom. The third kappa shape index (κ3) is 2.94. The van der Waals surface area contributed by atoms with Crippen molar-refractivity contribution in [1.82, 2.24) is 5.32 Å². The molecule has 0 heterocycles. The average molecular weight is 250 g/mol. The van der Waals surface area contributed by atoms with Crippen LogP contribution in [0.1, 0.15) is 24.8 Å². The molecule has 0 radical (unpaired) electrons. The highest BCUT2D eigenvalue weighted by molar-refractivity contribution is 5.40. The lowest BCUT2D eigenvalue weighted by Crippen LogP contribution is -2.40. The molecular formula is C14H22N2O2. The summed E-state index contributed by atoms with van der Waals surface area (Å²) in [5, 5.41) is 3.51. The molecule has 1 aliphatic carbocycles. The molecule has 1 fully saturated rings. The van der Waals surface area contributed by atoms with E-state index >= 15 is 0 Å². The minimum Gasteiger partial charge on any atom is -0.497 e. The number of ether oxygens (including phenoxy) is 2. The highest BCUT2D eigenvalue weighted by Crippen LogP contribution is 2.25. The third-order valence-corrected chi connectivity index (χ3v) is 3.62. The second-order valence-electron chi connectivity index (χ2n) is 4.76. The zero-order valence-electron chi connectivity index (χ0n) is 11.1. The average Bonchev–Trinajstić information content (AvgIpc) is 2.81. The molecule has 100 valence electrons. The summed E-state index contributed by atoms with van der Waals surface area (Å²) in [4.78, 5) is 0. The maximum atomic E-state index is 6.05. The molecule has 2 atom stereocenters. The molecule has 4 heteroatoms. The van der Waals surface area contributed by atoms with Gasteiger partial charge >= 0.3 is 0 Å². The smallest absolute Gasteiger partial charge is 0.127 e. The Labute approximate surface area is 108 Å². The van der Waals surface area contributed by atoms with Gasteiger partial charge in [-0.15, -0.1) is 0 Å². The first-order valence-corrected chi connectivity index (χ1v) is 6.44. The quantitative estimate of drug-likeness (QED) is 0.834. The monoisotopic (exact) mass is 250 g/mol. The van der Waals surface area contributed by atoms with Crippen molar-refractivity contribution in [2.45, 2.75) is 37.9 Å². The van der Waals surface area contributed by atoms with Crippen LogP contribution in [0, 0.1) is 0 Å². The van der Waals surface area contributed by atoms with Gasteiger partial charge in [0.15, 0.2) is 0 Å². The predicted octanol–water partition coefficient (Wildman–Crippen LogP) is 1.67. The first kappa shape index (κ1) is 13.2. The van der Waals surface area contributed by atoms with Crippen molar-refractivity contribution in [1.29, 1.82) is 0 Å². The summed E-state index contributed by atoms with van der Waals surface area (Å²) in [5.41, 5.74) is 7.18. The largest absolute Gasteiger partial charge is 0.497 e. The summed E-state index contributed by atoms with van der Waals surface area (Å²) in [7, 11) is 3.34. The topological polar surface area (TPSA) is 56.5 Å². The van der Waals surface area contributed by atoms with Crippen LogP contribution in [0.15, 0.2) is 18.2 Å². The Morgan fingerprint density at radius 1 is 1.28 bits per heavy atom. The Kier molecular flexibility index (Phi) is 4.44. The second kappa shape index (κ2) is 6.07. The Hall–Kier alpha value is -1.26. The summed E-state index contributed by atoms with van der Waals surface area (Å²) in [6, 6.07) is 6.61. The Morgan fingerprint density at radius 3 is 2.72 bits per heavy atom. The SMILES string of the molecule is COc1ccc(CNC2CCCC2N)c(OC)c1. The van der Waals surface area contributed by atoms with Gasteiger partial charge in [0.05, 0.1) is 14.2 Å². The van der Waals surface area contributed by atoms with E-state index < -0.39 is 0 Å². The van der Waals surface area contributed by atoms with E-state index in [-0.39, 0.29) is 6.04 Å².